The second-order valence-electron chi connectivity index (χ2n) is 4.44. The third-order valence-corrected chi connectivity index (χ3v) is 5.67. The molecule has 0 aromatic heterocycles. The van der Waals surface area contributed by atoms with Gasteiger partial charge >= 0.3 is 0 Å². The molecule has 3 aliphatic rings. The summed E-state index contributed by atoms with van der Waals surface area (Å²) < 4.78 is 25.3. The lowest BCUT2D eigenvalue weighted by Gasteiger charge is -2.29. The minimum absolute atomic E-state index is 0.0324. The lowest BCUT2D eigenvalue weighted by molar-refractivity contribution is 0.358. The highest BCUT2D eigenvalue weighted by Crippen LogP contribution is 2.52. The van der Waals surface area contributed by atoms with Crippen LogP contribution in [-0.4, -0.2) is 30.6 Å². The van der Waals surface area contributed by atoms with Crippen LogP contribution in [0.15, 0.2) is 24.3 Å². The van der Waals surface area contributed by atoms with Gasteiger partial charge in [-0.25, -0.2) is 8.42 Å². The van der Waals surface area contributed by atoms with Gasteiger partial charge in [0.2, 0.25) is 10.0 Å². The van der Waals surface area contributed by atoms with Crippen molar-refractivity contribution in [3.8, 4) is 0 Å². The summed E-state index contributed by atoms with van der Waals surface area (Å²) in [7, 11) is -3.02. The van der Waals surface area contributed by atoms with Crippen LogP contribution in [0.1, 0.15) is 12.8 Å². The van der Waals surface area contributed by atoms with Crippen molar-refractivity contribution in [1.82, 2.24) is 4.31 Å². The highest BCUT2D eigenvalue weighted by Gasteiger charge is 2.57. The molecule has 0 amide bonds. The van der Waals surface area contributed by atoms with Crippen LogP contribution in [0.5, 0.6) is 0 Å². The van der Waals surface area contributed by atoms with Gasteiger partial charge in [-0.1, -0.05) is 13.2 Å². The summed E-state index contributed by atoms with van der Waals surface area (Å²) >= 11 is 0. The van der Waals surface area contributed by atoms with Crippen molar-refractivity contribution in [3.05, 3.63) is 24.3 Å². The molecule has 2 unspecified atom stereocenters. The first kappa shape index (κ1) is 8.68. The fourth-order valence-electron chi connectivity index (χ4n) is 3.11. The van der Waals surface area contributed by atoms with E-state index in [4.69, 9.17) is 0 Å². The summed E-state index contributed by atoms with van der Waals surface area (Å²) in [6, 6.07) is 0.0799. The third kappa shape index (κ3) is 0.792. The lowest BCUT2D eigenvalue weighted by Crippen LogP contribution is -2.42. The Morgan fingerprint density at radius 1 is 1.29 bits per heavy atom. The summed E-state index contributed by atoms with van der Waals surface area (Å²) in [4.78, 5) is 0. The molecular formula is C10H13NO2S. The number of hydrogen-bond acceptors (Lipinski definition) is 2. The normalized spacial score (nSPS) is 48.6. The highest BCUT2D eigenvalue weighted by molar-refractivity contribution is 7.89. The molecule has 76 valence electrons. The Bertz CT molecular complexity index is 437. The molecule has 3 heterocycles. The van der Waals surface area contributed by atoms with Gasteiger partial charge in [-0.15, -0.1) is 0 Å². The minimum Gasteiger partial charge on any atom is -0.212 e. The quantitative estimate of drug-likeness (QED) is 0.597. The fraction of sp³-hybridized carbons (Fsp3) is 0.600. The van der Waals surface area contributed by atoms with E-state index in [2.05, 4.69) is 13.2 Å². The molecule has 0 N–H and O–H groups in total. The monoisotopic (exact) mass is 211 g/mol. The molecule has 0 radical (unpaired) electrons. The van der Waals surface area contributed by atoms with E-state index < -0.39 is 10.0 Å². The number of sulfonamides is 1. The van der Waals surface area contributed by atoms with Gasteiger partial charge in [0, 0.05) is 0 Å². The van der Waals surface area contributed by atoms with Crippen molar-refractivity contribution in [2.45, 2.75) is 24.9 Å². The van der Waals surface area contributed by atoms with E-state index in [1.165, 1.54) is 0 Å². The van der Waals surface area contributed by atoms with Crippen LogP contribution in [0, 0.1) is 5.92 Å². The van der Waals surface area contributed by atoms with Gasteiger partial charge in [0.1, 0.15) is 0 Å². The molecular weight excluding hydrogens is 198 g/mol. The van der Waals surface area contributed by atoms with Crippen molar-refractivity contribution in [3.63, 3.8) is 0 Å². The Morgan fingerprint density at radius 3 is 2.64 bits per heavy atom. The average Bonchev–Trinajstić information content (AvgIpc) is 2.56. The number of rotatable bonds is 0. The van der Waals surface area contributed by atoms with E-state index in [1.54, 1.807) is 4.31 Å². The summed E-state index contributed by atoms with van der Waals surface area (Å²) in [6.07, 6.45) is 1.76. The first-order chi connectivity index (χ1) is 6.52. The molecule has 4 heteroatoms. The maximum atomic E-state index is 11.8. The first-order valence-electron chi connectivity index (χ1n) is 4.91. The van der Waals surface area contributed by atoms with Gasteiger partial charge in [0.15, 0.2) is 0 Å². The molecule has 4 bridgehead atoms. The molecule has 3 nitrogen and oxygen atoms in total. The zero-order valence-corrected chi connectivity index (χ0v) is 8.76. The Hall–Kier alpha value is -0.610. The van der Waals surface area contributed by atoms with Gasteiger partial charge < -0.3 is 0 Å². The highest BCUT2D eigenvalue weighted by atomic mass is 32.2. The molecule has 3 aliphatic heterocycles. The fourth-order valence-corrected chi connectivity index (χ4v) is 5.17. The molecule has 3 fully saturated rings. The molecule has 0 aliphatic carbocycles. The summed E-state index contributed by atoms with van der Waals surface area (Å²) in [6.45, 7) is 7.90. The van der Waals surface area contributed by atoms with Crippen molar-refractivity contribution in [1.29, 1.82) is 0 Å². The van der Waals surface area contributed by atoms with Crippen LogP contribution in [0.4, 0.5) is 0 Å². The Kier molecular flexibility index (Phi) is 1.43. The molecule has 14 heavy (non-hydrogen) atoms. The predicted octanol–water partition coefficient (Wildman–Crippen LogP) is 0.905. The van der Waals surface area contributed by atoms with Crippen molar-refractivity contribution >= 4 is 10.0 Å². The number of hydrogen-bond donors (Lipinski definition) is 0. The van der Waals surface area contributed by atoms with Crippen LogP contribution < -0.4 is 0 Å². The Balaban J connectivity index is 2.18. The van der Waals surface area contributed by atoms with Gasteiger partial charge in [-0.3, -0.25) is 0 Å². The second-order valence-corrected chi connectivity index (χ2v) is 6.44. The van der Waals surface area contributed by atoms with E-state index in [0.717, 1.165) is 24.0 Å². The third-order valence-electron chi connectivity index (χ3n) is 3.79. The average molecular weight is 211 g/mol. The number of nitrogens with zero attached hydrogens (tertiary/aromatic N) is 1. The first-order valence-corrected chi connectivity index (χ1v) is 6.52. The van der Waals surface area contributed by atoms with Crippen LogP contribution >= 0.6 is 0 Å². The standard InChI is InChI=1S/C10H13NO2S/c1-6-7(2)10-8-3-4-14(12,13)11(10)9(6)5-8/h8-10H,1-5H2/t8?,9-,10-/m1/s1. The van der Waals surface area contributed by atoms with Crippen LogP contribution in [-0.2, 0) is 10.0 Å². The lowest BCUT2D eigenvalue weighted by atomic mass is 9.82. The summed E-state index contributed by atoms with van der Waals surface area (Å²) in [5, 5.41) is 0. The van der Waals surface area contributed by atoms with Crippen LogP contribution in [0.3, 0.4) is 0 Å². The predicted molar refractivity (Wildman–Crippen MR) is 54.2 cm³/mol. The van der Waals surface area contributed by atoms with Gasteiger partial charge in [0.25, 0.3) is 0 Å². The maximum Gasteiger partial charge on any atom is 0.215 e. The van der Waals surface area contributed by atoms with Crippen molar-refractivity contribution in [2.75, 3.05) is 5.75 Å². The van der Waals surface area contributed by atoms with Crippen molar-refractivity contribution in [2.24, 2.45) is 5.92 Å². The Morgan fingerprint density at radius 2 is 2.00 bits per heavy atom. The molecule has 4 atom stereocenters. The van der Waals surface area contributed by atoms with E-state index in [0.29, 0.717) is 11.7 Å². The van der Waals surface area contributed by atoms with E-state index in [-0.39, 0.29) is 12.1 Å². The van der Waals surface area contributed by atoms with Crippen LogP contribution in [0.25, 0.3) is 0 Å². The molecule has 0 saturated carbocycles. The molecule has 0 spiro atoms. The van der Waals surface area contributed by atoms with E-state index in [9.17, 15) is 8.42 Å². The zero-order chi connectivity index (χ0) is 10.1. The van der Waals surface area contributed by atoms with E-state index in [1.807, 2.05) is 0 Å². The topological polar surface area (TPSA) is 37.4 Å². The Labute approximate surface area is 84.1 Å². The van der Waals surface area contributed by atoms with Gasteiger partial charge in [-0.2, -0.15) is 4.31 Å². The molecule has 0 aromatic carbocycles. The molecule has 3 rings (SSSR count). The van der Waals surface area contributed by atoms with Crippen molar-refractivity contribution < 1.29 is 8.42 Å². The maximum absolute atomic E-state index is 11.8. The van der Waals surface area contributed by atoms with Gasteiger partial charge in [-0.05, 0) is 29.9 Å². The van der Waals surface area contributed by atoms with Gasteiger partial charge in [0.05, 0.1) is 17.8 Å². The second kappa shape index (κ2) is 2.31. The largest absolute Gasteiger partial charge is 0.215 e. The molecule has 0 aromatic rings. The van der Waals surface area contributed by atoms with Crippen LogP contribution in [0.2, 0.25) is 0 Å². The molecule has 3 saturated heterocycles. The minimum atomic E-state index is -3.02. The smallest absolute Gasteiger partial charge is 0.212 e. The summed E-state index contributed by atoms with van der Waals surface area (Å²) in [5.41, 5.74) is 1.89. The zero-order valence-electron chi connectivity index (χ0n) is 7.94. The SMILES string of the molecule is C=C1C(=C)[C@@H]2C3CCS(=O)(=O)N2[C@@H]1C3. The summed E-state index contributed by atoms with van der Waals surface area (Å²) in [5.74, 6) is 0.812. The van der Waals surface area contributed by atoms with E-state index >= 15 is 0 Å².